The summed E-state index contributed by atoms with van der Waals surface area (Å²) in [5.41, 5.74) is 1.75. The third kappa shape index (κ3) is 3.81. The van der Waals surface area contributed by atoms with Crippen LogP contribution in [0.5, 0.6) is 0 Å². The van der Waals surface area contributed by atoms with Crippen molar-refractivity contribution in [2.24, 2.45) is 0 Å². The van der Waals surface area contributed by atoms with Gasteiger partial charge < -0.3 is 5.32 Å². The quantitative estimate of drug-likeness (QED) is 0.782. The first-order valence-electron chi connectivity index (χ1n) is 6.53. The Morgan fingerprint density at radius 1 is 1.25 bits per heavy atom. The number of hydrogen-bond acceptors (Lipinski definition) is 1. The summed E-state index contributed by atoms with van der Waals surface area (Å²) in [6.07, 6.45) is 0.566. The van der Waals surface area contributed by atoms with Crippen molar-refractivity contribution < 1.29 is 4.39 Å². The number of rotatable bonds is 5. The molecule has 0 aliphatic heterocycles. The molecule has 0 saturated carbocycles. The maximum atomic E-state index is 14.0. The van der Waals surface area contributed by atoms with Crippen molar-refractivity contribution >= 4 is 27.5 Å². The van der Waals surface area contributed by atoms with Crippen molar-refractivity contribution in [3.8, 4) is 0 Å². The minimum absolute atomic E-state index is 0.0606. The Bertz CT molecular complexity index is 588. The Kier molecular flexibility index (Phi) is 5.58. The van der Waals surface area contributed by atoms with Crippen LogP contribution < -0.4 is 5.32 Å². The Morgan fingerprint density at radius 3 is 2.70 bits per heavy atom. The van der Waals surface area contributed by atoms with E-state index in [1.165, 1.54) is 0 Å². The van der Waals surface area contributed by atoms with E-state index in [4.69, 9.17) is 11.6 Å². The smallest absolute Gasteiger partial charge is 0.145 e. The number of benzene rings is 2. The molecule has 2 aromatic rings. The van der Waals surface area contributed by atoms with Crippen LogP contribution >= 0.6 is 27.5 Å². The molecule has 0 radical (unpaired) electrons. The molecule has 106 valence electrons. The minimum atomic E-state index is -0.327. The van der Waals surface area contributed by atoms with Gasteiger partial charge >= 0.3 is 0 Å². The highest BCUT2D eigenvalue weighted by Gasteiger charge is 2.15. The highest BCUT2D eigenvalue weighted by Crippen LogP contribution is 2.25. The molecule has 0 heterocycles. The fraction of sp³-hybridized carbons (Fsp3) is 0.250. The number of nitrogens with one attached hydrogen (secondary N) is 1. The molecule has 0 saturated heterocycles. The normalized spacial score (nSPS) is 12.4. The maximum Gasteiger partial charge on any atom is 0.145 e. The Morgan fingerprint density at radius 2 is 2.00 bits per heavy atom. The van der Waals surface area contributed by atoms with Crippen LogP contribution in [0.4, 0.5) is 4.39 Å². The molecule has 1 nitrogen and oxygen atoms in total. The van der Waals surface area contributed by atoms with Crippen LogP contribution in [0.25, 0.3) is 0 Å². The van der Waals surface area contributed by atoms with Crippen molar-refractivity contribution in [1.29, 1.82) is 0 Å². The summed E-state index contributed by atoms with van der Waals surface area (Å²) in [7, 11) is 0. The van der Waals surface area contributed by atoms with Gasteiger partial charge in [-0.15, -0.1) is 0 Å². The van der Waals surface area contributed by atoms with Crippen LogP contribution in [0, 0.1) is 5.82 Å². The molecule has 0 bridgehead atoms. The molecule has 1 N–H and O–H groups in total. The van der Waals surface area contributed by atoms with E-state index in [9.17, 15) is 4.39 Å². The lowest BCUT2D eigenvalue weighted by Crippen LogP contribution is -2.23. The number of hydrogen-bond donors (Lipinski definition) is 1. The minimum Gasteiger partial charge on any atom is -0.310 e. The van der Waals surface area contributed by atoms with Gasteiger partial charge in [-0.25, -0.2) is 4.39 Å². The Hall–Kier alpha value is -0.900. The Labute approximate surface area is 132 Å². The molecule has 0 aliphatic carbocycles. The second kappa shape index (κ2) is 7.21. The Balaban J connectivity index is 2.28. The van der Waals surface area contributed by atoms with Crippen LogP contribution in [0.3, 0.4) is 0 Å². The van der Waals surface area contributed by atoms with Gasteiger partial charge in [0, 0.05) is 10.5 Å². The summed E-state index contributed by atoms with van der Waals surface area (Å²) < 4.78 is 15.0. The maximum absolute atomic E-state index is 14.0. The number of likely N-dealkylation sites (N-methyl/N-ethyl adjacent to an activating group) is 1. The monoisotopic (exact) mass is 355 g/mol. The van der Waals surface area contributed by atoms with Crippen LogP contribution in [0.15, 0.2) is 46.9 Å². The molecule has 0 amide bonds. The van der Waals surface area contributed by atoms with E-state index in [1.807, 2.05) is 25.1 Å². The van der Waals surface area contributed by atoms with E-state index in [0.717, 1.165) is 16.6 Å². The summed E-state index contributed by atoms with van der Waals surface area (Å²) in [4.78, 5) is 0. The summed E-state index contributed by atoms with van der Waals surface area (Å²) in [5.74, 6) is -0.327. The predicted octanol–water partition coefficient (Wildman–Crippen LogP) is 5.13. The van der Waals surface area contributed by atoms with E-state index in [-0.39, 0.29) is 16.9 Å². The molecule has 2 rings (SSSR count). The third-order valence-electron chi connectivity index (χ3n) is 3.16. The largest absolute Gasteiger partial charge is 0.310 e. The zero-order valence-corrected chi connectivity index (χ0v) is 13.5. The lowest BCUT2D eigenvalue weighted by molar-refractivity contribution is 0.528. The summed E-state index contributed by atoms with van der Waals surface area (Å²) >= 11 is 9.31. The van der Waals surface area contributed by atoms with Gasteiger partial charge in [0.1, 0.15) is 5.82 Å². The zero-order valence-electron chi connectivity index (χ0n) is 11.2. The SMILES string of the molecule is CCNC(Cc1cccc(Cl)c1F)c1cccc(Br)c1. The molecule has 0 aliphatic rings. The fourth-order valence-electron chi connectivity index (χ4n) is 2.20. The predicted molar refractivity (Wildman–Crippen MR) is 85.7 cm³/mol. The third-order valence-corrected chi connectivity index (χ3v) is 3.94. The van der Waals surface area contributed by atoms with Crippen molar-refractivity contribution in [1.82, 2.24) is 5.32 Å². The van der Waals surface area contributed by atoms with Crippen molar-refractivity contribution in [3.05, 3.63) is 68.9 Å². The van der Waals surface area contributed by atoms with Gasteiger partial charge in [0.15, 0.2) is 0 Å². The average Bonchev–Trinajstić information content (AvgIpc) is 2.43. The number of halogens is 3. The lowest BCUT2D eigenvalue weighted by atomic mass is 9.98. The first kappa shape index (κ1) is 15.5. The second-order valence-corrected chi connectivity index (χ2v) is 5.91. The van der Waals surface area contributed by atoms with Crippen LogP contribution in [0.1, 0.15) is 24.1 Å². The van der Waals surface area contributed by atoms with E-state index in [2.05, 4.69) is 27.3 Å². The summed E-state index contributed by atoms with van der Waals surface area (Å²) in [6.45, 7) is 2.86. The van der Waals surface area contributed by atoms with Crippen molar-refractivity contribution in [3.63, 3.8) is 0 Å². The lowest BCUT2D eigenvalue weighted by Gasteiger charge is -2.19. The van der Waals surface area contributed by atoms with Crippen LogP contribution in [-0.4, -0.2) is 6.54 Å². The van der Waals surface area contributed by atoms with E-state index < -0.39 is 0 Å². The summed E-state index contributed by atoms with van der Waals surface area (Å²) in [6, 6.07) is 13.3. The van der Waals surface area contributed by atoms with E-state index >= 15 is 0 Å². The molecule has 1 atom stereocenters. The van der Waals surface area contributed by atoms with Gasteiger partial charge in [-0.2, -0.15) is 0 Å². The molecule has 4 heteroatoms. The molecule has 0 fully saturated rings. The molecule has 2 aromatic carbocycles. The van der Waals surface area contributed by atoms with E-state index in [0.29, 0.717) is 12.0 Å². The second-order valence-electron chi connectivity index (χ2n) is 4.58. The van der Waals surface area contributed by atoms with Gasteiger partial charge in [0.25, 0.3) is 0 Å². The molecular weight excluding hydrogens is 341 g/mol. The summed E-state index contributed by atoms with van der Waals surface area (Å²) in [5, 5.41) is 3.56. The van der Waals surface area contributed by atoms with Gasteiger partial charge in [-0.05, 0) is 42.3 Å². The molecule has 20 heavy (non-hydrogen) atoms. The average molecular weight is 357 g/mol. The van der Waals surface area contributed by atoms with Crippen molar-refractivity contribution in [2.45, 2.75) is 19.4 Å². The first-order chi connectivity index (χ1) is 9.61. The standard InChI is InChI=1S/C16H16BrClFN/c1-2-20-15(11-5-3-7-13(17)9-11)10-12-6-4-8-14(18)16(12)19/h3-9,15,20H,2,10H2,1H3. The van der Waals surface area contributed by atoms with Gasteiger partial charge in [-0.3, -0.25) is 0 Å². The van der Waals surface area contributed by atoms with Gasteiger partial charge in [0.2, 0.25) is 0 Å². The van der Waals surface area contributed by atoms with Gasteiger partial charge in [-0.1, -0.05) is 58.7 Å². The molecule has 0 spiro atoms. The highest BCUT2D eigenvalue weighted by molar-refractivity contribution is 9.10. The zero-order chi connectivity index (χ0) is 14.5. The highest BCUT2D eigenvalue weighted by atomic mass is 79.9. The molecule has 1 unspecified atom stereocenters. The topological polar surface area (TPSA) is 12.0 Å². The van der Waals surface area contributed by atoms with Gasteiger partial charge in [0.05, 0.1) is 5.02 Å². The fourth-order valence-corrected chi connectivity index (χ4v) is 2.81. The van der Waals surface area contributed by atoms with E-state index in [1.54, 1.807) is 18.2 Å². The van der Waals surface area contributed by atoms with Crippen LogP contribution in [-0.2, 0) is 6.42 Å². The van der Waals surface area contributed by atoms with Crippen molar-refractivity contribution in [2.75, 3.05) is 6.54 Å². The molecular formula is C16H16BrClFN. The molecule has 0 aromatic heterocycles. The first-order valence-corrected chi connectivity index (χ1v) is 7.70. The van der Waals surface area contributed by atoms with Crippen LogP contribution in [0.2, 0.25) is 5.02 Å².